The van der Waals surface area contributed by atoms with Crippen LogP contribution < -0.4 is 15.5 Å². The summed E-state index contributed by atoms with van der Waals surface area (Å²) < 4.78 is 40.6. The highest BCUT2D eigenvalue weighted by Crippen LogP contribution is 2.37. The van der Waals surface area contributed by atoms with E-state index in [9.17, 15) is 22.8 Å². The monoisotopic (exact) mass is 518 g/mol. The Hall–Kier alpha value is -3.33. The molecule has 4 rings (SSSR count). The number of carbonyl (C=O) groups excluding carboxylic acids is 2. The van der Waals surface area contributed by atoms with Crippen molar-refractivity contribution in [2.45, 2.75) is 50.9 Å². The van der Waals surface area contributed by atoms with Gasteiger partial charge in [0.05, 0.1) is 16.8 Å². The Morgan fingerprint density at radius 2 is 1.75 bits per heavy atom. The highest BCUT2D eigenvalue weighted by molar-refractivity contribution is 6.31. The molecule has 0 saturated heterocycles. The number of fused-ring (bicyclic) bond motifs is 1. The second-order valence-electron chi connectivity index (χ2n) is 9.00. The van der Waals surface area contributed by atoms with Gasteiger partial charge in [-0.25, -0.2) is 4.98 Å². The van der Waals surface area contributed by atoms with E-state index in [2.05, 4.69) is 15.6 Å². The molecule has 1 aliphatic carbocycles. The molecule has 2 aromatic carbocycles. The van der Waals surface area contributed by atoms with Gasteiger partial charge < -0.3 is 15.5 Å². The molecule has 36 heavy (non-hydrogen) atoms. The van der Waals surface area contributed by atoms with Crippen molar-refractivity contribution < 1.29 is 22.8 Å². The van der Waals surface area contributed by atoms with Gasteiger partial charge in [0.1, 0.15) is 5.69 Å². The lowest BCUT2D eigenvalue weighted by Crippen LogP contribution is -2.43. The summed E-state index contributed by atoms with van der Waals surface area (Å²) in [6, 6.07) is 12.4. The molecule has 1 fully saturated rings. The Morgan fingerprint density at radius 3 is 2.42 bits per heavy atom. The summed E-state index contributed by atoms with van der Waals surface area (Å²) in [7, 11) is 1.78. The van der Waals surface area contributed by atoms with Gasteiger partial charge in [-0.2, -0.15) is 13.2 Å². The highest BCUT2D eigenvalue weighted by atomic mass is 35.5. The van der Waals surface area contributed by atoms with Crippen molar-refractivity contribution in [3.8, 4) is 0 Å². The van der Waals surface area contributed by atoms with Gasteiger partial charge in [-0.05, 0) is 62.1 Å². The predicted molar refractivity (Wildman–Crippen MR) is 134 cm³/mol. The quantitative estimate of drug-likeness (QED) is 0.431. The lowest BCUT2D eigenvalue weighted by Gasteiger charge is -2.37. The molecule has 0 unspecified atom stereocenters. The number of benzene rings is 2. The fraction of sp³-hybridized carbons (Fsp3) is 0.346. The molecule has 0 spiro atoms. The Balaban J connectivity index is 1.48. The lowest BCUT2D eigenvalue weighted by atomic mass is 9.89. The number of hydrogen-bond donors (Lipinski definition) is 2. The predicted octanol–water partition coefficient (Wildman–Crippen LogP) is 6.04. The lowest BCUT2D eigenvalue weighted by molar-refractivity contribution is -0.140. The number of para-hydroxylation sites is 1. The van der Waals surface area contributed by atoms with E-state index in [0.717, 1.165) is 6.07 Å². The van der Waals surface area contributed by atoms with Crippen molar-refractivity contribution in [2.75, 3.05) is 17.3 Å². The van der Waals surface area contributed by atoms with Gasteiger partial charge >= 0.3 is 6.18 Å². The first-order valence-electron chi connectivity index (χ1n) is 11.6. The van der Waals surface area contributed by atoms with Gasteiger partial charge in [0.25, 0.3) is 5.91 Å². The molecule has 0 aliphatic heterocycles. The summed E-state index contributed by atoms with van der Waals surface area (Å²) in [5.74, 6) is -0.543. The van der Waals surface area contributed by atoms with Crippen LogP contribution >= 0.6 is 11.6 Å². The number of amides is 2. The number of alkyl halides is 3. The molecular weight excluding hydrogens is 493 g/mol. The summed E-state index contributed by atoms with van der Waals surface area (Å²) in [6.45, 7) is 1.38. The molecule has 1 aliphatic rings. The molecule has 0 atom stereocenters. The van der Waals surface area contributed by atoms with E-state index < -0.39 is 11.9 Å². The molecule has 1 heterocycles. The van der Waals surface area contributed by atoms with Crippen LogP contribution in [0.15, 0.2) is 48.5 Å². The van der Waals surface area contributed by atoms with Crippen molar-refractivity contribution in [3.05, 3.63) is 64.8 Å². The molecule has 3 aromatic rings. The van der Waals surface area contributed by atoms with Gasteiger partial charge in [0.15, 0.2) is 0 Å². The van der Waals surface area contributed by atoms with Crippen molar-refractivity contribution in [3.63, 3.8) is 0 Å². The molecule has 2 amide bonds. The number of carbonyl (C=O) groups is 2. The zero-order valence-electron chi connectivity index (χ0n) is 19.8. The fourth-order valence-corrected chi connectivity index (χ4v) is 4.84. The minimum atomic E-state index is -4.57. The smallest absolute Gasteiger partial charge is 0.371 e. The third-order valence-corrected chi connectivity index (χ3v) is 6.72. The molecule has 1 aromatic heterocycles. The number of anilines is 2. The molecule has 1 saturated carbocycles. The fourth-order valence-electron chi connectivity index (χ4n) is 4.66. The topological polar surface area (TPSA) is 74.3 Å². The number of nitrogens with zero attached hydrogens (tertiary/aromatic N) is 2. The standard InChI is InChI=1S/C26H26ClF3N4O2/c1-15(35)31-21-6-4-3-5-19(21)25(36)32-17-8-10-18(11-9-17)34(2)23-14-24(26(28,29)30)33-22-12-7-16(27)13-20(22)23/h3-7,12-14,17-18H,8-11H2,1-2H3,(H,31,35)(H,32,36)/t17-,18+. The van der Waals surface area contributed by atoms with E-state index in [-0.39, 0.29) is 29.4 Å². The number of aromatic nitrogens is 1. The Bertz CT molecular complexity index is 1290. The van der Waals surface area contributed by atoms with Crippen LogP contribution in [0.2, 0.25) is 5.02 Å². The average molecular weight is 519 g/mol. The summed E-state index contributed by atoms with van der Waals surface area (Å²) in [6.07, 6.45) is -1.88. The van der Waals surface area contributed by atoms with Crippen LogP contribution in [0.5, 0.6) is 0 Å². The van der Waals surface area contributed by atoms with Crippen LogP contribution in [-0.2, 0) is 11.0 Å². The first-order chi connectivity index (χ1) is 17.0. The van der Waals surface area contributed by atoms with Crippen LogP contribution in [0.1, 0.15) is 48.7 Å². The maximum atomic E-state index is 13.5. The highest BCUT2D eigenvalue weighted by Gasteiger charge is 2.35. The van der Waals surface area contributed by atoms with E-state index >= 15 is 0 Å². The molecule has 2 N–H and O–H groups in total. The van der Waals surface area contributed by atoms with Crippen LogP contribution in [0.25, 0.3) is 10.9 Å². The third kappa shape index (κ3) is 5.73. The van der Waals surface area contributed by atoms with Gasteiger partial charge in [-0.3, -0.25) is 9.59 Å². The molecule has 0 radical (unpaired) electrons. The van der Waals surface area contributed by atoms with E-state index in [1.54, 1.807) is 37.4 Å². The average Bonchev–Trinajstić information content (AvgIpc) is 2.82. The minimum Gasteiger partial charge on any atom is -0.371 e. The molecule has 10 heteroatoms. The Kier molecular flexibility index (Phi) is 7.40. The van der Waals surface area contributed by atoms with E-state index in [1.165, 1.54) is 19.1 Å². The second kappa shape index (κ2) is 10.3. The van der Waals surface area contributed by atoms with Crippen molar-refractivity contribution in [2.24, 2.45) is 0 Å². The summed E-state index contributed by atoms with van der Waals surface area (Å²) in [5.41, 5.74) is 0.533. The first-order valence-corrected chi connectivity index (χ1v) is 12.0. The van der Waals surface area contributed by atoms with Gasteiger partial charge in [0, 0.05) is 42.2 Å². The number of hydrogen-bond acceptors (Lipinski definition) is 4. The van der Waals surface area contributed by atoms with Crippen LogP contribution in [-0.4, -0.2) is 35.9 Å². The van der Waals surface area contributed by atoms with Crippen molar-refractivity contribution in [1.29, 1.82) is 0 Å². The number of rotatable bonds is 5. The Morgan fingerprint density at radius 1 is 1.06 bits per heavy atom. The van der Waals surface area contributed by atoms with Crippen LogP contribution in [0.3, 0.4) is 0 Å². The van der Waals surface area contributed by atoms with E-state index in [4.69, 9.17) is 11.6 Å². The van der Waals surface area contributed by atoms with Gasteiger partial charge in [-0.15, -0.1) is 0 Å². The second-order valence-corrected chi connectivity index (χ2v) is 9.44. The zero-order chi connectivity index (χ0) is 26.0. The van der Waals surface area contributed by atoms with Crippen molar-refractivity contribution in [1.82, 2.24) is 10.3 Å². The van der Waals surface area contributed by atoms with Crippen LogP contribution in [0.4, 0.5) is 24.5 Å². The zero-order valence-corrected chi connectivity index (χ0v) is 20.6. The molecule has 0 bridgehead atoms. The van der Waals surface area contributed by atoms with Gasteiger partial charge in [-0.1, -0.05) is 23.7 Å². The maximum Gasteiger partial charge on any atom is 0.433 e. The first kappa shape index (κ1) is 25.8. The third-order valence-electron chi connectivity index (χ3n) is 6.48. The maximum absolute atomic E-state index is 13.5. The summed E-state index contributed by atoms with van der Waals surface area (Å²) in [5, 5.41) is 6.67. The van der Waals surface area contributed by atoms with E-state index in [1.807, 2.05) is 4.90 Å². The normalized spacial score (nSPS) is 18.1. The number of halogens is 4. The molecule has 190 valence electrons. The van der Waals surface area contributed by atoms with Gasteiger partial charge in [0.2, 0.25) is 5.91 Å². The van der Waals surface area contributed by atoms with E-state index in [0.29, 0.717) is 53.0 Å². The van der Waals surface area contributed by atoms with Crippen molar-refractivity contribution >= 4 is 45.7 Å². The summed E-state index contributed by atoms with van der Waals surface area (Å²) >= 11 is 6.14. The van der Waals surface area contributed by atoms with Crippen LogP contribution in [0, 0.1) is 0 Å². The Labute approximate surface area is 211 Å². The molecular formula is C26H26ClF3N4O2. The SMILES string of the molecule is CC(=O)Nc1ccccc1C(=O)N[C@H]1CC[C@@H](N(C)c2cc(C(F)(F)F)nc3ccc(Cl)cc23)CC1. The number of pyridine rings is 1. The molecule has 6 nitrogen and oxygen atoms in total. The largest absolute Gasteiger partial charge is 0.433 e. The minimum absolute atomic E-state index is 0.0181. The summed E-state index contributed by atoms with van der Waals surface area (Å²) in [4.78, 5) is 30.0. The number of nitrogens with one attached hydrogen (secondary N) is 2.